The van der Waals surface area contributed by atoms with E-state index in [-0.39, 0.29) is 6.10 Å². The molecule has 2 heteroatoms. The van der Waals surface area contributed by atoms with Crippen LogP contribution in [0.4, 0.5) is 0 Å². The predicted molar refractivity (Wildman–Crippen MR) is 70.3 cm³/mol. The lowest BCUT2D eigenvalue weighted by atomic mass is 10.0. The van der Waals surface area contributed by atoms with Crippen molar-refractivity contribution in [3.8, 4) is 5.75 Å². The van der Waals surface area contributed by atoms with Crippen molar-refractivity contribution in [2.24, 2.45) is 0 Å². The molecule has 0 amide bonds. The SMILES string of the molecule is CCCO[C@H](C)c1ccc(O)c2ccccc12. The third-order valence-electron chi connectivity index (χ3n) is 2.94. The van der Waals surface area contributed by atoms with Crippen LogP contribution in [0.5, 0.6) is 5.75 Å². The molecular weight excluding hydrogens is 212 g/mol. The first-order valence-electron chi connectivity index (χ1n) is 6.06. The number of phenolic OH excluding ortho intramolecular Hbond substituents is 1. The van der Waals surface area contributed by atoms with Gasteiger partial charge >= 0.3 is 0 Å². The summed E-state index contributed by atoms with van der Waals surface area (Å²) < 4.78 is 5.74. The molecule has 1 atom stereocenters. The molecular formula is C15H18O2. The molecule has 0 spiro atoms. The van der Waals surface area contributed by atoms with Crippen LogP contribution in [0.3, 0.4) is 0 Å². The molecule has 0 bridgehead atoms. The number of ether oxygens (including phenoxy) is 1. The number of aromatic hydroxyl groups is 1. The number of hydrogen-bond acceptors (Lipinski definition) is 2. The van der Waals surface area contributed by atoms with Crippen molar-refractivity contribution in [3.05, 3.63) is 42.0 Å². The summed E-state index contributed by atoms with van der Waals surface area (Å²) in [5.74, 6) is 0.326. The second kappa shape index (κ2) is 5.19. The van der Waals surface area contributed by atoms with Crippen molar-refractivity contribution in [3.63, 3.8) is 0 Å². The molecule has 0 saturated heterocycles. The van der Waals surface area contributed by atoms with E-state index in [4.69, 9.17) is 4.74 Å². The van der Waals surface area contributed by atoms with Gasteiger partial charge in [0, 0.05) is 12.0 Å². The van der Waals surface area contributed by atoms with Gasteiger partial charge in [0.1, 0.15) is 5.75 Å². The van der Waals surface area contributed by atoms with E-state index in [9.17, 15) is 5.11 Å². The highest BCUT2D eigenvalue weighted by Crippen LogP contribution is 2.31. The van der Waals surface area contributed by atoms with Crippen LogP contribution in [0.1, 0.15) is 31.9 Å². The molecule has 0 aliphatic heterocycles. The molecule has 2 aromatic carbocycles. The maximum absolute atomic E-state index is 9.81. The molecule has 90 valence electrons. The third-order valence-corrected chi connectivity index (χ3v) is 2.94. The minimum Gasteiger partial charge on any atom is -0.507 e. The average molecular weight is 230 g/mol. The molecule has 1 N–H and O–H groups in total. The lowest BCUT2D eigenvalue weighted by Crippen LogP contribution is -2.01. The van der Waals surface area contributed by atoms with E-state index in [0.29, 0.717) is 5.75 Å². The van der Waals surface area contributed by atoms with Gasteiger partial charge in [-0.1, -0.05) is 37.3 Å². The van der Waals surface area contributed by atoms with Crippen LogP contribution in [0.2, 0.25) is 0 Å². The molecule has 2 nitrogen and oxygen atoms in total. The van der Waals surface area contributed by atoms with Crippen LogP contribution in [-0.4, -0.2) is 11.7 Å². The summed E-state index contributed by atoms with van der Waals surface area (Å²) in [5.41, 5.74) is 1.13. The molecule has 0 aliphatic carbocycles. The molecule has 2 aromatic rings. The van der Waals surface area contributed by atoms with Gasteiger partial charge in [-0.3, -0.25) is 0 Å². The Bertz CT molecular complexity index is 505. The Morgan fingerprint density at radius 3 is 2.53 bits per heavy atom. The van der Waals surface area contributed by atoms with Gasteiger partial charge < -0.3 is 9.84 Å². The maximum Gasteiger partial charge on any atom is 0.123 e. The summed E-state index contributed by atoms with van der Waals surface area (Å²) in [6, 6.07) is 11.6. The van der Waals surface area contributed by atoms with Gasteiger partial charge in [-0.15, -0.1) is 0 Å². The second-order valence-corrected chi connectivity index (χ2v) is 4.23. The third kappa shape index (κ3) is 2.42. The number of hydrogen-bond donors (Lipinski definition) is 1. The lowest BCUT2D eigenvalue weighted by Gasteiger charge is -2.16. The first-order valence-corrected chi connectivity index (χ1v) is 6.06. The van der Waals surface area contributed by atoms with E-state index in [1.807, 2.05) is 30.3 Å². The highest BCUT2D eigenvalue weighted by atomic mass is 16.5. The predicted octanol–water partition coefficient (Wildman–Crippen LogP) is 4.03. The zero-order chi connectivity index (χ0) is 12.3. The fraction of sp³-hybridized carbons (Fsp3) is 0.333. The van der Waals surface area contributed by atoms with Crippen molar-refractivity contribution < 1.29 is 9.84 Å². The van der Waals surface area contributed by atoms with Gasteiger partial charge in [-0.25, -0.2) is 0 Å². The summed E-state index contributed by atoms with van der Waals surface area (Å²) in [6.07, 6.45) is 1.07. The summed E-state index contributed by atoms with van der Waals surface area (Å²) in [4.78, 5) is 0. The lowest BCUT2D eigenvalue weighted by molar-refractivity contribution is 0.0672. The van der Waals surface area contributed by atoms with Crippen LogP contribution in [-0.2, 0) is 4.74 Å². The van der Waals surface area contributed by atoms with Crippen molar-refractivity contribution in [2.45, 2.75) is 26.4 Å². The van der Waals surface area contributed by atoms with E-state index in [0.717, 1.165) is 29.4 Å². The number of phenols is 1. The molecule has 0 unspecified atom stereocenters. The zero-order valence-electron chi connectivity index (χ0n) is 10.3. The van der Waals surface area contributed by atoms with Crippen LogP contribution in [0.15, 0.2) is 36.4 Å². The minimum atomic E-state index is 0.0560. The molecule has 0 radical (unpaired) electrons. The first-order chi connectivity index (χ1) is 8.24. The average Bonchev–Trinajstić information content (AvgIpc) is 2.37. The Hall–Kier alpha value is -1.54. The van der Waals surface area contributed by atoms with Crippen molar-refractivity contribution >= 4 is 10.8 Å². The highest BCUT2D eigenvalue weighted by Gasteiger charge is 2.11. The van der Waals surface area contributed by atoms with E-state index >= 15 is 0 Å². The normalized spacial score (nSPS) is 12.8. The van der Waals surface area contributed by atoms with Gasteiger partial charge in [0.05, 0.1) is 6.10 Å². The Morgan fingerprint density at radius 2 is 1.82 bits per heavy atom. The van der Waals surface area contributed by atoms with Crippen molar-refractivity contribution in [2.75, 3.05) is 6.61 Å². The molecule has 0 fully saturated rings. The monoisotopic (exact) mass is 230 g/mol. The summed E-state index contributed by atoms with van der Waals surface area (Å²) >= 11 is 0. The number of rotatable bonds is 4. The topological polar surface area (TPSA) is 29.5 Å². The van der Waals surface area contributed by atoms with E-state index in [2.05, 4.69) is 13.8 Å². The van der Waals surface area contributed by atoms with E-state index in [1.54, 1.807) is 6.07 Å². The minimum absolute atomic E-state index is 0.0560. The van der Waals surface area contributed by atoms with Crippen LogP contribution >= 0.6 is 0 Å². The van der Waals surface area contributed by atoms with Gasteiger partial charge in [-0.05, 0) is 30.4 Å². The summed E-state index contributed by atoms with van der Waals surface area (Å²) in [5, 5.41) is 11.8. The summed E-state index contributed by atoms with van der Waals surface area (Å²) in [7, 11) is 0. The van der Waals surface area contributed by atoms with Gasteiger partial charge in [0.25, 0.3) is 0 Å². The fourth-order valence-corrected chi connectivity index (χ4v) is 2.05. The van der Waals surface area contributed by atoms with Crippen LogP contribution in [0.25, 0.3) is 10.8 Å². The van der Waals surface area contributed by atoms with Crippen LogP contribution < -0.4 is 0 Å². The first kappa shape index (κ1) is 11.9. The molecule has 17 heavy (non-hydrogen) atoms. The number of fused-ring (bicyclic) bond motifs is 1. The number of benzene rings is 2. The van der Waals surface area contributed by atoms with Crippen molar-refractivity contribution in [1.82, 2.24) is 0 Å². The molecule has 2 rings (SSSR count). The Labute approximate surface area is 102 Å². The van der Waals surface area contributed by atoms with Gasteiger partial charge in [-0.2, -0.15) is 0 Å². The van der Waals surface area contributed by atoms with Gasteiger partial charge in [0.15, 0.2) is 0 Å². The van der Waals surface area contributed by atoms with Gasteiger partial charge in [0.2, 0.25) is 0 Å². The maximum atomic E-state index is 9.81. The summed E-state index contributed by atoms with van der Waals surface area (Å²) in [6.45, 7) is 4.91. The van der Waals surface area contributed by atoms with E-state index in [1.165, 1.54) is 0 Å². The Balaban J connectivity index is 2.44. The molecule has 0 aromatic heterocycles. The Morgan fingerprint density at radius 1 is 1.12 bits per heavy atom. The largest absolute Gasteiger partial charge is 0.507 e. The smallest absolute Gasteiger partial charge is 0.123 e. The quantitative estimate of drug-likeness (QED) is 0.859. The van der Waals surface area contributed by atoms with Crippen molar-refractivity contribution in [1.29, 1.82) is 0 Å². The zero-order valence-corrected chi connectivity index (χ0v) is 10.3. The second-order valence-electron chi connectivity index (χ2n) is 4.23. The van der Waals surface area contributed by atoms with E-state index < -0.39 is 0 Å². The molecule has 0 saturated carbocycles. The standard InChI is InChI=1S/C15H18O2/c1-3-10-17-11(2)12-8-9-15(16)14-7-5-4-6-13(12)14/h4-9,11,16H,3,10H2,1-2H3/t11-/m1/s1. The fourth-order valence-electron chi connectivity index (χ4n) is 2.05. The Kier molecular flexibility index (Phi) is 3.64. The van der Waals surface area contributed by atoms with Crippen LogP contribution in [0, 0.1) is 0 Å². The molecule has 0 aliphatic rings. The molecule has 0 heterocycles. The highest BCUT2D eigenvalue weighted by molar-refractivity contribution is 5.91.